The number of halogens is 34. The van der Waals surface area contributed by atoms with Crippen LogP contribution in [-0.4, -0.2) is 120 Å². The average molecular weight is 1070 g/mol. The lowest BCUT2D eigenvalue weighted by atomic mass is 9.88. The molecule has 2 N–H and O–H groups in total. The van der Waals surface area contributed by atoms with Crippen LogP contribution < -0.4 is 5.73 Å². The van der Waals surface area contributed by atoms with Crippen molar-refractivity contribution in [1.29, 1.82) is 0 Å². The molecule has 0 aliphatic rings. The predicted octanol–water partition coefficient (Wildman–Crippen LogP) is 12.4. The standard InChI is InChI=1S/C28H13F34NO4/c29-13(30,15(33,34)17(37,38)19(41,42)21(45,46)23(49,50)25(53,54)27(57,58)59)1-3-66-11(64)8-5-9(7-10(63)6-8)12(65)67-4-2-14(31,32)16(35,36)18(39,40)20(43,44)22(47,48)24(51,52)26(55,56)28(60,61)62/h5-7H,1-4,63H2. The van der Waals surface area contributed by atoms with Gasteiger partial charge in [0.1, 0.15) is 0 Å². The van der Waals surface area contributed by atoms with E-state index >= 15 is 0 Å². The number of hydrogen-bond acceptors (Lipinski definition) is 5. The fourth-order valence-electron chi connectivity index (χ4n) is 4.30. The summed E-state index contributed by atoms with van der Waals surface area (Å²) in [6.07, 6.45) is -22.8. The molecule has 0 fully saturated rings. The van der Waals surface area contributed by atoms with E-state index in [2.05, 4.69) is 9.47 Å². The molecule has 0 heterocycles. The fourth-order valence-corrected chi connectivity index (χ4v) is 4.30. The number of carbonyl (C=O) groups excluding carboxylic acids is 2. The Morgan fingerprint density at radius 2 is 0.522 bits per heavy atom. The van der Waals surface area contributed by atoms with Gasteiger partial charge in [-0.1, -0.05) is 0 Å². The maximum Gasteiger partial charge on any atom is 0.460 e. The first kappa shape index (κ1) is 60.6. The summed E-state index contributed by atoms with van der Waals surface area (Å²) in [5.74, 6) is -124. The van der Waals surface area contributed by atoms with Crippen LogP contribution in [0.1, 0.15) is 33.6 Å². The van der Waals surface area contributed by atoms with Gasteiger partial charge in [-0.05, 0) is 18.2 Å². The van der Waals surface area contributed by atoms with Crippen LogP contribution in [0.5, 0.6) is 0 Å². The molecule has 67 heavy (non-hydrogen) atoms. The first-order chi connectivity index (χ1) is 28.9. The molecule has 0 saturated carbocycles. The Labute approximate surface area is 343 Å². The van der Waals surface area contributed by atoms with Gasteiger partial charge in [0, 0.05) is 5.69 Å². The van der Waals surface area contributed by atoms with Crippen molar-refractivity contribution in [2.75, 3.05) is 18.9 Å². The van der Waals surface area contributed by atoms with Gasteiger partial charge in [0.25, 0.3) is 0 Å². The average Bonchev–Trinajstić information content (AvgIpc) is 3.12. The molecule has 0 spiro atoms. The summed E-state index contributed by atoms with van der Waals surface area (Å²) in [5.41, 5.74) is 1.05. The maximum atomic E-state index is 14.1. The normalized spacial score (nSPS) is 15.7. The molecule has 0 aromatic heterocycles. The lowest BCUT2D eigenvalue weighted by Crippen LogP contribution is -2.74. The van der Waals surface area contributed by atoms with Crippen molar-refractivity contribution < 1.29 is 168 Å². The molecule has 5 nitrogen and oxygen atoms in total. The molecule has 0 unspecified atom stereocenters. The molecule has 0 atom stereocenters. The first-order valence-electron chi connectivity index (χ1n) is 15.5. The molecule has 1 aromatic rings. The highest BCUT2D eigenvalue weighted by Crippen LogP contribution is 2.66. The zero-order valence-corrected chi connectivity index (χ0v) is 30.1. The van der Waals surface area contributed by atoms with Gasteiger partial charge >= 0.3 is 107 Å². The van der Waals surface area contributed by atoms with E-state index in [4.69, 9.17) is 5.73 Å². The Kier molecular flexibility index (Phi) is 15.3. The van der Waals surface area contributed by atoms with Crippen LogP contribution in [0.4, 0.5) is 155 Å². The van der Waals surface area contributed by atoms with Crippen molar-refractivity contribution in [2.45, 2.75) is 108 Å². The predicted molar refractivity (Wildman–Crippen MR) is 142 cm³/mol. The first-order valence-corrected chi connectivity index (χ1v) is 15.5. The van der Waals surface area contributed by atoms with Crippen molar-refractivity contribution in [1.82, 2.24) is 0 Å². The second-order valence-corrected chi connectivity index (χ2v) is 12.9. The van der Waals surface area contributed by atoms with Crippen molar-refractivity contribution >= 4 is 17.6 Å². The lowest BCUT2D eigenvalue weighted by molar-refractivity contribution is -0.461. The third-order valence-corrected chi connectivity index (χ3v) is 8.30. The monoisotopic (exact) mass is 1070 g/mol. The minimum atomic E-state index is -8.99. The topological polar surface area (TPSA) is 78.6 Å². The molecule has 1 rings (SSSR count). The van der Waals surface area contributed by atoms with Gasteiger partial charge in [0.05, 0.1) is 37.2 Å². The molecular weight excluding hydrogens is 1060 g/mol. The molecule has 0 bridgehead atoms. The van der Waals surface area contributed by atoms with Gasteiger partial charge in [-0.25, -0.2) is 9.59 Å². The molecule has 0 radical (unpaired) electrons. The van der Waals surface area contributed by atoms with Crippen molar-refractivity contribution in [2.24, 2.45) is 0 Å². The van der Waals surface area contributed by atoms with Crippen molar-refractivity contribution in [3.8, 4) is 0 Å². The number of benzene rings is 1. The number of anilines is 1. The summed E-state index contributed by atoms with van der Waals surface area (Å²) in [5, 5.41) is 0. The van der Waals surface area contributed by atoms with Gasteiger partial charge in [-0.3, -0.25) is 0 Å². The Morgan fingerprint density at radius 1 is 0.328 bits per heavy atom. The summed E-state index contributed by atoms with van der Waals surface area (Å²) in [6.45, 7) is -5.23. The number of alkyl halides is 34. The number of carbonyl (C=O) groups is 2. The number of hydrogen-bond donors (Lipinski definition) is 1. The van der Waals surface area contributed by atoms with Crippen LogP contribution in [0.3, 0.4) is 0 Å². The zero-order valence-electron chi connectivity index (χ0n) is 30.1. The molecule has 1 aromatic carbocycles. The van der Waals surface area contributed by atoms with E-state index < -0.39 is 150 Å². The number of ether oxygens (including phenoxy) is 2. The molecule has 392 valence electrons. The molecule has 39 heteroatoms. The largest absolute Gasteiger partial charge is 0.462 e. The third-order valence-electron chi connectivity index (χ3n) is 8.30. The van der Waals surface area contributed by atoms with Gasteiger partial charge < -0.3 is 15.2 Å². The van der Waals surface area contributed by atoms with Crippen LogP contribution in [0, 0.1) is 0 Å². The third kappa shape index (κ3) is 9.03. The van der Waals surface area contributed by atoms with Crippen LogP contribution in [0.15, 0.2) is 18.2 Å². The van der Waals surface area contributed by atoms with Crippen LogP contribution in [0.2, 0.25) is 0 Å². The molecule has 0 aliphatic carbocycles. The maximum absolute atomic E-state index is 14.1. The molecule has 0 amide bonds. The van der Waals surface area contributed by atoms with Crippen molar-refractivity contribution in [3.05, 3.63) is 29.3 Å². The fraction of sp³-hybridized carbons (Fsp3) is 0.714. The summed E-state index contributed by atoms with van der Waals surface area (Å²) >= 11 is 0. The summed E-state index contributed by atoms with van der Waals surface area (Å²) < 4.78 is 463. The van der Waals surface area contributed by atoms with Gasteiger partial charge in [-0.2, -0.15) is 149 Å². The number of nitrogens with two attached hydrogens (primary N) is 1. The highest BCUT2D eigenvalue weighted by molar-refractivity contribution is 5.96. The van der Waals surface area contributed by atoms with E-state index in [0.29, 0.717) is 0 Å². The molecule has 0 saturated heterocycles. The molecule has 0 aliphatic heterocycles. The zero-order chi connectivity index (χ0) is 54.3. The second kappa shape index (κ2) is 16.9. The number of nitrogen functional groups attached to an aromatic ring is 1. The Balaban J connectivity index is 3.31. The van der Waals surface area contributed by atoms with Gasteiger partial charge in [0.15, 0.2) is 0 Å². The van der Waals surface area contributed by atoms with E-state index in [-0.39, 0.29) is 18.2 Å². The van der Waals surface area contributed by atoms with Crippen molar-refractivity contribution in [3.63, 3.8) is 0 Å². The number of rotatable bonds is 20. The summed E-state index contributed by atoms with van der Waals surface area (Å²) in [4.78, 5) is 24.3. The van der Waals surface area contributed by atoms with E-state index in [1.54, 1.807) is 0 Å². The van der Waals surface area contributed by atoms with E-state index in [9.17, 15) is 159 Å². The van der Waals surface area contributed by atoms with Gasteiger partial charge in [0.2, 0.25) is 0 Å². The Bertz CT molecular complexity index is 1830. The summed E-state index contributed by atoms with van der Waals surface area (Å²) in [7, 11) is 0. The highest BCUT2D eigenvalue weighted by Gasteiger charge is 2.97. The van der Waals surface area contributed by atoms with Crippen LogP contribution in [0.25, 0.3) is 0 Å². The van der Waals surface area contributed by atoms with Gasteiger partial charge in [-0.15, -0.1) is 0 Å². The Hall–Kier alpha value is -4.42. The number of esters is 2. The van der Waals surface area contributed by atoms with E-state index in [1.165, 1.54) is 0 Å². The smallest absolute Gasteiger partial charge is 0.460 e. The van der Waals surface area contributed by atoms with Crippen LogP contribution in [-0.2, 0) is 9.47 Å². The van der Waals surface area contributed by atoms with E-state index in [1.807, 2.05) is 0 Å². The molecular formula is C28H13F34NO4. The SMILES string of the molecule is Nc1cc(C(=O)OCCC(F)(F)C(F)(F)C(F)(F)C(F)(F)C(F)(F)C(F)(F)C(F)(F)C(F)(F)F)cc(C(=O)OCCC(F)(F)C(F)(F)C(F)(F)C(F)(F)C(F)(F)C(F)(F)C(F)(F)C(F)(F)F)c1. The highest BCUT2D eigenvalue weighted by atomic mass is 19.4. The lowest BCUT2D eigenvalue weighted by Gasteiger charge is -2.42. The minimum Gasteiger partial charge on any atom is -0.462 e. The summed E-state index contributed by atoms with van der Waals surface area (Å²) in [6, 6.07) is 0.142. The quantitative estimate of drug-likeness (QED) is 0.0800. The Morgan fingerprint density at radius 3 is 0.731 bits per heavy atom. The second-order valence-electron chi connectivity index (χ2n) is 12.9. The minimum absolute atomic E-state index is 0.137. The van der Waals surface area contributed by atoms with Crippen LogP contribution >= 0.6 is 0 Å². The van der Waals surface area contributed by atoms with E-state index in [0.717, 1.165) is 0 Å².